The molecule has 0 fully saturated rings. The molecule has 60 valence electrons. The van der Waals surface area contributed by atoms with Crippen LogP contribution in [0.15, 0.2) is 0 Å². The minimum absolute atomic E-state index is 0.179. The van der Waals surface area contributed by atoms with Crippen molar-refractivity contribution in [2.45, 2.75) is 12.5 Å². The first-order valence-electron chi connectivity index (χ1n) is 2.81. The molecule has 0 aromatic carbocycles. The average Bonchev–Trinajstić information content (AvgIpc) is 1.82. The van der Waals surface area contributed by atoms with Crippen molar-refractivity contribution >= 4 is 17.1 Å². The highest BCUT2D eigenvalue weighted by Gasteiger charge is 2.12. The molecule has 0 saturated heterocycles. The zero-order chi connectivity index (χ0) is 8.15. The maximum atomic E-state index is 10.4. The lowest BCUT2D eigenvalue weighted by Crippen LogP contribution is -2.29. The largest absolute Gasteiger partial charge is 0.617 e. The zero-order valence-electron chi connectivity index (χ0n) is 5.74. The second-order valence-electron chi connectivity index (χ2n) is 1.98. The van der Waals surface area contributed by atoms with Crippen molar-refractivity contribution < 1.29 is 14.5 Å². The molecule has 0 saturated carbocycles. The van der Waals surface area contributed by atoms with Crippen molar-refractivity contribution in [2.75, 3.05) is 12.0 Å². The molecule has 0 bridgehead atoms. The molecule has 0 aliphatic carbocycles. The van der Waals surface area contributed by atoms with Crippen LogP contribution >= 0.6 is 0 Å². The van der Waals surface area contributed by atoms with Gasteiger partial charge in [-0.1, -0.05) is 11.2 Å². The summed E-state index contributed by atoms with van der Waals surface area (Å²) in [5.41, 5.74) is 4.73. The molecule has 4 nitrogen and oxygen atoms in total. The van der Waals surface area contributed by atoms with Gasteiger partial charge < -0.3 is 15.4 Å². The van der Waals surface area contributed by atoms with Crippen LogP contribution in [-0.2, 0) is 16.0 Å². The number of aliphatic hydroxyl groups excluding tert-OH is 1. The number of nitrogens with two attached hydrogens (primary N) is 1. The van der Waals surface area contributed by atoms with Crippen LogP contribution in [0.3, 0.4) is 0 Å². The monoisotopic (exact) mass is 165 g/mol. The maximum absolute atomic E-state index is 10.4. The van der Waals surface area contributed by atoms with Gasteiger partial charge in [-0.15, -0.1) is 0 Å². The quantitative estimate of drug-likeness (QED) is 0.502. The van der Waals surface area contributed by atoms with Gasteiger partial charge in [-0.05, 0) is 0 Å². The predicted octanol–water partition coefficient (Wildman–Crippen LogP) is -1.40. The number of hydrogen-bond donors (Lipinski definition) is 2. The van der Waals surface area contributed by atoms with E-state index in [0.29, 0.717) is 5.75 Å². The van der Waals surface area contributed by atoms with Gasteiger partial charge in [-0.2, -0.15) is 0 Å². The van der Waals surface area contributed by atoms with E-state index in [1.165, 1.54) is 6.26 Å². The van der Waals surface area contributed by atoms with Crippen LogP contribution in [0, 0.1) is 0 Å². The van der Waals surface area contributed by atoms with Crippen LogP contribution < -0.4 is 5.73 Å². The van der Waals surface area contributed by atoms with Crippen LogP contribution in [0.4, 0.5) is 0 Å². The molecular formula is C5H11NO3S. The van der Waals surface area contributed by atoms with Crippen LogP contribution in [0.25, 0.3) is 0 Å². The van der Waals surface area contributed by atoms with E-state index in [-0.39, 0.29) is 6.42 Å². The third-order valence-corrected chi connectivity index (χ3v) is 1.82. The number of primary amides is 1. The number of amides is 1. The van der Waals surface area contributed by atoms with Gasteiger partial charge >= 0.3 is 0 Å². The number of hydrogen-bond acceptors (Lipinski definition) is 3. The van der Waals surface area contributed by atoms with Gasteiger partial charge in [0, 0.05) is 6.42 Å². The lowest BCUT2D eigenvalue weighted by molar-refractivity contribution is -0.126. The van der Waals surface area contributed by atoms with Gasteiger partial charge in [-0.3, -0.25) is 4.79 Å². The van der Waals surface area contributed by atoms with Crippen molar-refractivity contribution in [2.24, 2.45) is 5.73 Å². The second kappa shape index (κ2) is 4.54. The van der Waals surface area contributed by atoms with Gasteiger partial charge in [0.25, 0.3) is 0 Å². The van der Waals surface area contributed by atoms with Gasteiger partial charge in [0.05, 0.1) is 6.26 Å². The Morgan fingerprint density at radius 2 is 2.40 bits per heavy atom. The van der Waals surface area contributed by atoms with Crippen molar-refractivity contribution in [3.63, 3.8) is 0 Å². The molecule has 0 aliphatic heterocycles. The van der Waals surface area contributed by atoms with Gasteiger partial charge in [0.1, 0.15) is 11.9 Å². The minimum atomic E-state index is -1.15. The summed E-state index contributed by atoms with van der Waals surface area (Å²) in [6.07, 6.45) is 0.537. The molecule has 0 spiro atoms. The van der Waals surface area contributed by atoms with Crippen molar-refractivity contribution in [3.05, 3.63) is 0 Å². The minimum Gasteiger partial charge on any atom is -0.617 e. The zero-order valence-corrected chi connectivity index (χ0v) is 6.56. The highest BCUT2D eigenvalue weighted by Crippen LogP contribution is 1.94. The van der Waals surface area contributed by atoms with E-state index in [4.69, 9.17) is 10.8 Å². The average molecular weight is 165 g/mol. The molecule has 0 radical (unpaired) electrons. The topological polar surface area (TPSA) is 86.4 Å². The normalized spacial score (nSPS) is 16.3. The predicted molar refractivity (Wildman–Crippen MR) is 38.8 cm³/mol. The molecule has 3 N–H and O–H groups in total. The van der Waals surface area contributed by atoms with E-state index >= 15 is 0 Å². The fourth-order valence-corrected chi connectivity index (χ4v) is 0.975. The Morgan fingerprint density at radius 3 is 2.70 bits per heavy atom. The summed E-state index contributed by atoms with van der Waals surface area (Å²) in [5.74, 6) is -0.449. The standard InChI is InChI=1S/C5H11NO3S/c1-10(9)3-2-4(7)5(6)8/h4,7H,2-3H2,1H3,(H2,6,8). The maximum Gasteiger partial charge on any atom is 0.246 e. The number of carbonyl (C=O) groups excluding carboxylic acids is 1. The molecule has 2 atom stereocenters. The molecule has 1 amide bonds. The summed E-state index contributed by atoms with van der Waals surface area (Å²) in [5, 5.41) is 8.77. The Morgan fingerprint density at radius 1 is 1.90 bits per heavy atom. The Kier molecular flexibility index (Phi) is 4.42. The lowest BCUT2D eigenvalue weighted by Gasteiger charge is -2.06. The summed E-state index contributed by atoms with van der Waals surface area (Å²) in [6.45, 7) is 0. The molecule has 0 aliphatic rings. The summed E-state index contributed by atoms with van der Waals surface area (Å²) in [4.78, 5) is 10.2. The molecule has 10 heavy (non-hydrogen) atoms. The molecule has 0 rings (SSSR count). The van der Waals surface area contributed by atoms with Crippen LogP contribution in [0.1, 0.15) is 6.42 Å². The van der Waals surface area contributed by atoms with Crippen LogP contribution in [0.2, 0.25) is 0 Å². The smallest absolute Gasteiger partial charge is 0.246 e. The molecule has 0 heterocycles. The Hall–Kier alpha value is -0.260. The van der Waals surface area contributed by atoms with Gasteiger partial charge in [0.2, 0.25) is 5.91 Å². The van der Waals surface area contributed by atoms with E-state index in [9.17, 15) is 9.35 Å². The van der Waals surface area contributed by atoms with Crippen molar-refractivity contribution in [1.29, 1.82) is 0 Å². The molecule has 2 unspecified atom stereocenters. The number of aliphatic hydroxyl groups is 1. The SMILES string of the molecule is C[S+]([O-])CCC(O)C(N)=O. The summed E-state index contributed by atoms with van der Waals surface area (Å²) in [7, 11) is 0. The van der Waals surface area contributed by atoms with Crippen molar-refractivity contribution in [1.82, 2.24) is 0 Å². The number of carbonyl (C=O) groups is 1. The molecule has 0 aromatic rings. The first-order valence-corrected chi connectivity index (χ1v) is 4.54. The second-order valence-corrected chi connectivity index (χ2v) is 3.54. The molecule has 5 heteroatoms. The third kappa shape index (κ3) is 4.60. The first kappa shape index (κ1) is 9.74. The van der Waals surface area contributed by atoms with E-state index in [1.807, 2.05) is 0 Å². The lowest BCUT2D eigenvalue weighted by atomic mass is 10.3. The highest BCUT2D eigenvalue weighted by atomic mass is 32.2. The Balaban J connectivity index is 3.40. The van der Waals surface area contributed by atoms with E-state index in [2.05, 4.69) is 0 Å². The van der Waals surface area contributed by atoms with E-state index in [0.717, 1.165) is 0 Å². The Labute approximate surface area is 62.6 Å². The first-order chi connectivity index (χ1) is 4.54. The third-order valence-electron chi connectivity index (χ3n) is 1.01. The van der Waals surface area contributed by atoms with Crippen LogP contribution in [-0.4, -0.2) is 33.7 Å². The van der Waals surface area contributed by atoms with Gasteiger partial charge in [-0.25, -0.2) is 0 Å². The fraction of sp³-hybridized carbons (Fsp3) is 0.800. The Bertz CT molecular complexity index is 117. The summed E-state index contributed by atoms with van der Waals surface area (Å²) >= 11 is -0.970. The van der Waals surface area contributed by atoms with E-state index in [1.54, 1.807) is 0 Å². The molecular weight excluding hydrogens is 154 g/mol. The highest BCUT2D eigenvalue weighted by molar-refractivity contribution is 7.90. The van der Waals surface area contributed by atoms with Gasteiger partial charge in [0.15, 0.2) is 0 Å². The number of rotatable bonds is 4. The summed E-state index contributed by atoms with van der Waals surface area (Å²) in [6, 6.07) is 0. The van der Waals surface area contributed by atoms with Crippen LogP contribution in [0.5, 0.6) is 0 Å². The molecule has 0 aromatic heterocycles. The fourth-order valence-electron chi connectivity index (χ4n) is 0.420. The van der Waals surface area contributed by atoms with Crippen molar-refractivity contribution in [3.8, 4) is 0 Å². The van der Waals surface area contributed by atoms with E-state index < -0.39 is 23.2 Å². The summed E-state index contributed by atoms with van der Waals surface area (Å²) < 4.78 is 10.4.